The van der Waals surface area contributed by atoms with E-state index in [1.807, 2.05) is 6.92 Å². The second-order valence-electron chi connectivity index (χ2n) is 4.32. The van der Waals surface area contributed by atoms with E-state index in [9.17, 15) is 0 Å². The van der Waals surface area contributed by atoms with Crippen LogP contribution < -0.4 is 4.90 Å². The number of nitrogens with zero attached hydrogens (tertiary/aromatic N) is 3. The van der Waals surface area contributed by atoms with Crippen molar-refractivity contribution in [1.29, 1.82) is 0 Å². The fraction of sp³-hybridized carbons (Fsp3) is 0.667. The smallest absolute Gasteiger partial charge is 0.150 e. The summed E-state index contributed by atoms with van der Waals surface area (Å²) in [6.45, 7) is 2.80. The van der Waals surface area contributed by atoms with Crippen molar-refractivity contribution in [2.45, 2.75) is 38.6 Å². The molecule has 2 rings (SSSR count). The molecule has 16 heavy (non-hydrogen) atoms. The minimum atomic E-state index is 0.173. The van der Waals surface area contributed by atoms with Gasteiger partial charge in [-0.1, -0.05) is 12.8 Å². The Balaban J connectivity index is 2.21. The largest absolute Gasteiger partial charge is 0.395 e. The molecule has 1 heterocycles. The van der Waals surface area contributed by atoms with E-state index in [-0.39, 0.29) is 6.61 Å². The summed E-state index contributed by atoms with van der Waals surface area (Å²) >= 11 is 0. The summed E-state index contributed by atoms with van der Waals surface area (Å²) in [6, 6.07) is 0.530. The van der Waals surface area contributed by atoms with Crippen LogP contribution in [-0.2, 0) is 0 Å². The van der Waals surface area contributed by atoms with Gasteiger partial charge in [0.15, 0.2) is 0 Å². The molecule has 0 atom stereocenters. The Hall–Kier alpha value is -1.16. The summed E-state index contributed by atoms with van der Waals surface area (Å²) in [5.41, 5.74) is 0.947. The molecule has 0 unspecified atom stereocenters. The normalized spacial score (nSPS) is 16.6. The summed E-state index contributed by atoms with van der Waals surface area (Å²) < 4.78 is 0. The molecule has 1 saturated carbocycles. The summed E-state index contributed by atoms with van der Waals surface area (Å²) in [4.78, 5) is 10.9. The maximum Gasteiger partial charge on any atom is 0.150 e. The van der Waals surface area contributed by atoms with Crippen molar-refractivity contribution in [3.63, 3.8) is 0 Å². The van der Waals surface area contributed by atoms with E-state index in [2.05, 4.69) is 14.9 Å². The average molecular weight is 221 g/mol. The summed E-state index contributed by atoms with van der Waals surface area (Å²) in [7, 11) is 0. The van der Waals surface area contributed by atoms with Crippen LogP contribution in [0, 0.1) is 6.92 Å². The number of anilines is 1. The first-order valence-electron chi connectivity index (χ1n) is 5.98. The molecule has 1 N–H and O–H groups in total. The Morgan fingerprint density at radius 1 is 1.31 bits per heavy atom. The number of aliphatic hydroxyl groups excluding tert-OH is 1. The Kier molecular flexibility index (Phi) is 3.72. The van der Waals surface area contributed by atoms with Crippen molar-refractivity contribution in [3.8, 4) is 0 Å². The van der Waals surface area contributed by atoms with Gasteiger partial charge in [-0.05, 0) is 19.8 Å². The fourth-order valence-electron chi connectivity index (χ4n) is 2.47. The molecular weight excluding hydrogens is 202 g/mol. The highest BCUT2D eigenvalue weighted by Crippen LogP contribution is 2.27. The molecule has 0 aliphatic heterocycles. The van der Waals surface area contributed by atoms with Crippen LogP contribution in [0.3, 0.4) is 0 Å². The fourth-order valence-corrected chi connectivity index (χ4v) is 2.47. The van der Waals surface area contributed by atoms with E-state index in [0.29, 0.717) is 12.6 Å². The van der Waals surface area contributed by atoms with Crippen molar-refractivity contribution < 1.29 is 5.11 Å². The Labute approximate surface area is 96.3 Å². The first kappa shape index (κ1) is 11.3. The number of aryl methyl sites for hydroxylation is 1. The van der Waals surface area contributed by atoms with Gasteiger partial charge < -0.3 is 10.0 Å². The van der Waals surface area contributed by atoms with Gasteiger partial charge in [0.2, 0.25) is 0 Å². The lowest BCUT2D eigenvalue weighted by Crippen LogP contribution is -2.37. The molecule has 1 aliphatic rings. The number of aliphatic hydroxyl groups is 1. The van der Waals surface area contributed by atoms with Gasteiger partial charge in [-0.3, -0.25) is 4.98 Å². The Morgan fingerprint density at radius 2 is 2.00 bits per heavy atom. The van der Waals surface area contributed by atoms with Gasteiger partial charge in [0.25, 0.3) is 0 Å². The summed E-state index contributed by atoms with van der Waals surface area (Å²) in [5.74, 6) is 0.934. The van der Waals surface area contributed by atoms with E-state index in [0.717, 1.165) is 11.5 Å². The highest BCUT2D eigenvalue weighted by atomic mass is 16.3. The molecule has 0 aromatic carbocycles. The third-order valence-corrected chi connectivity index (χ3v) is 3.23. The number of rotatable bonds is 4. The van der Waals surface area contributed by atoms with Gasteiger partial charge in [0, 0.05) is 25.0 Å². The summed E-state index contributed by atoms with van der Waals surface area (Å²) in [5, 5.41) is 9.16. The molecule has 0 saturated heterocycles. The second kappa shape index (κ2) is 5.25. The van der Waals surface area contributed by atoms with Crippen LogP contribution in [0.15, 0.2) is 12.4 Å². The highest BCUT2D eigenvalue weighted by Gasteiger charge is 2.24. The maximum absolute atomic E-state index is 9.16. The lowest BCUT2D eigenvalue weighted by molar-refractivity contribution is 0.296. The molecular formula is C12H19N3O. The topological polar surface area (TPSA) is 49.2 Å². The third kappa shape index (κ3) is 2.32. The van der Waals surface area contributed by atoms with Gasteiger partial charge in [0.1, 0.15) is 5.82 Å². The second-order valence-corrected chi connectivity index (χ2v) is 4.32. The van der Waals surface area contributed by atoms with Crippen LogP contribution in [0.4, 0.5) is 5.82 Å². The minimum absolute atomic E-state index is 0.173. The standard InChI is InChI=1S/C12H19N3O/c1-10-12(14-7-6-13-10)15(8-9-16)11-4-2-3-5-11/h6-7,11,16H,2-5,8-9H2,1H3. The monoisotopic (exact) mass is 221 g/mol. The zero-order chi connectivity index (χ0) is 11.4. The maximum atomic E-state index is 9.16. The quantitative estimate of drug-likeness (QED) is 0.837. The predicted molar refractivity (Wildman–Crippen MR) is 63.5 cm³/mol. The van der Waals surface area contributed by atoms with Crippen LogP contribution in [0.5, 0.6) is 0 Å². The number of aromatic nitrogens is 2. The van der Waals surface area contributed by atoms with Crippen molar-refractivity contribution >= 4 is 5.82 Å². The molecule has 88 valence electrons. The first-order valence-corrected chi connectivity index (χ1v) is 5.98. The zero-order valence-electron chi connectivity index (χ0n) is 9.76. The van der Waals surface area contributed by atoms with Gasteiger partial charge >= 0.3 is 0 Å². The molecule has 0 radical (unpaired) electrons. The lowest BCUT2D eigenvalue weighted by atomic mass is 10.2. The zero-order valence-corrected chi connectivity index (χ0v) is 9.76. The number of hydrogen-bond acceptors (Lipinski definition) is 4. The minimum Gasteiger partial charge on any atom is -0.395 e. The lowest BCUT2D eigenvalue weighted by Gasteiger charge is -2.30. The van der Waals surface area contributed by atoms with E-state index >= 15 is 0 Å². The van der Waals surface area contributed by atoms with Crippen molar-refractivity contribution in [3.05, 3.63) is 18.1 Å². The highest BCUT2D eigenvalue weighted by molar-refractivity contribution is 5.43. The van der Waals surface area contributed by atoms with Crippen molar-refractivity contribution in [2.75, 3.05) is 18.1 Å². The molecule has 1 aromatic rings. The van der Waals surface area contributed by atoms with E-state index < -0.39 is 0 Å². The first-order chi connectivity index (χ1) is 7.83. The predicted octanol–water partition coefficient (Wildman–Crippen LogP) is 1.53. The summed E-state index contributed by atoms with van der Waals surface area (Å²) in [6.07, 6.45) is 8.41. The van der Waals surface area contributed by atoms with Crippen LogP contribution in [0.2, 0.25) is 0 Å². The van der Waals surface area contributed by atoms with Crippen molar-refractivity contribution in [1.82, 2.24) is 9.97 Å². The van der Waals surface area contributed by atoms with E-state index in [1.165, 1.54) is 25.7 Å². The van der Waals surface area contributed by atoms with E-state index in [1.54, 1.807) is 12.4 Å². The Bertz CT molecular complexity index is 337. The van der Waals surface area contributed by atoms with Gasteiger partial charge in [-0.2, -0.15) is 0 Å². The molecule has 0 bridgehead atoms. The van der Waals surface area contributed by atoms with Crippen LogP contribution in [-0.4, -0.2) is 34.3 Å². The molecule has 1 aliphatic carbocycles. The molecule has 1 aromatic heterocycles. The molecule has 4 heteroatoms. The van der Waals surface area contributed by atoms with Crippen LogP contribution in [0.1, 0.15) is 31.4 Å². The van der Waals surface area contributed by atoms with Crippen molar-refractivity contribution in [2.24, 2.45) is 0 Å². The van der Waals surface area contributed by atoms with Gasteiger partial charge in [-0.25, -0.2) is 4.98 Å². The van der Waals surface area contributed by atoms with E-state index in [4.69, 9.17) is 5.11 Å². The Morgan fingerprint density at radius 3 is 2.62 bits per heavy atom. The number of hydrogen-bond donors (Lipinski definition) is 1. The molecule has 1 fully saturated rings. The third-order valence-electron chi connectivity index (χ3n) is 3.23. The molecule has 0 spiro atoms. The SMILES string of the molecule is Cc1nccnc1N(CCO)C1CCCC1. The van der Waals surface area contributed by atoms with Crippen LogP contribution >= 0.6 is 0 Å². The molecule has 4 nitrogen and oxygen atoms in total. The van der Waals surface area contributed by atoms with Gasteiger partial charge in [0.05, 0.1) is 12.3 Å². The van der Waals surface area contributed by atoms with Crippen LogP contribution in [0.25, 0.3) is 0 Å². The molecule has 0 amide bonds. The van der Waals surface area contributed by atoms with Gasteiger partial charge in [-0.15, -0.1) is 0 Å². The average Bonchev–Trinajstić information content (AvgIpc) is 2.80.